The summed E-state index contributed by atoms with van der Waals surface area (Å²) >= 11 is 0. The minimum Gasteiger partial charge on any atom is -0.507 e. The molecule has 1 heterocycles. The zero-order valence-electron chi connectivity index (χ0n) is 9.51. The van der Waals surface area contributed by atoms with Crippen LogP contribution in [-0.4, -0.2) is 15.3 Å². The maximum atomic E-state index is 11.1. The molecule has 0 aliphatic rings. The smallest absolute Gasteiger partial charge is 0.264 e. The summed E-state index contributed by atoms with van der Waals surface area (Å²) in [6, 6.07) is 3.44. The molecule has 0 atom stereocenters. The Labute approximate surface area is 92.9 Å². The van der Waals surface area contributed by atoms with Crippen molar-refractivity contribution in [3.63, 3.8) is 0 Å². The van der Waals surface area contributed by atoms with E-state index in [-0.39, 0.29) is 11.3 Å². The third kappa shape index (κ3) is 1.52. The lowest BCUT2D eigenvalue weighted by molar-refractivity contribution is 0.472. The van der Waals surface area contributed by atoms with Crippen LogP contribution >= 0.6 is 0 Å². The normalized spacial score (nSPS) is 10.7. The molecule has 0 saturated carbocycles. The summed E-state index contributed by atoms with van der Waals surface area (Å²) in [4.78, 5) is 11.1. The number of aryl methyl sites for hydroxylation is 2. The van der Waals surface area contributed by atoms with Gasteiger partial charge in [-0.1, -0.05) is 6.07 Å². The van der Waals surface area contributed by atoms with E-state index in [2.05, 4.69) is 10.2 Å². The SMILES string of the molecule is Cc1cc(C)c(-c2cc(=O)[nH][nH]2)c(O)c1C. The minimum absolute atomic E-state index is 0.202. The molecule has 0 bridgehead atoms. The van der Waals surface area contributed by atoms with Gasteiger partial charge in [0.25, 0.3) is 5.56 Å². The first-order chi connectivity index (χ1) is 7.50. The van der Waals surface area contributed by atoms with Crippen molar-refractivity contribution in [2.45, 2.75) is 20.8 Å². The number of aromatic nitrogens is 2. The number of aromatic amines is 2. The van der Waals surface area contributed by atoms with Gasteiger partial charge in [0, 0.05) is 11.6 Å². The van der Waals surface area contributed by atoms with E-state index in [9.17, 15) is 9.90 Å². The second-order valence-electron chi connectivity index (χ2n) is 4.03. The van der Waals surface area contributed by atoms with E-state index in [4.69, 9.17) is 0 Å². The molecule has 4 heteroatoms. The lowest BCUT2D eigenvalue weighted by atomic mass is 9.97. The fraction of sp³-hybridized carbons (Fsp3) is 0.250. The van der Waals surface area contributed by atoms with Crippen molar-refractivity contribution in [2.75, 3.05) is 0 Å². The van der Waals surface area contributed by atoms with Gasteiger partial charge in [0.2, 0.25) is 0 Å². The number of hydrogen-bond acceptors (Lipinski definition) is 2. The predicted octanol–water partition coefficient (Wildman–Crippen LogP) is 2.00. The van der Waals surface area contributed by atoms with Gasteiger partial charge < -0.3 is 5.11 Å². The Morgan fingerprint density at radius 3 is 2.31 bits per heavy atom. The van der Waals surface area contributed by atoms with E-state index < -0.39 is 0 Å². The quantitative estimate of drug-likeness (QED) is 0.685. The number of hydrogen-bond donors (Lipinski definition) is 3. The summed E-state index contributed by atoms with van der Waals surface area (Å²) in [5.74, 6) is 0.229. The summed E-state index contributed by atoms with van der Waals surface area (Å²) < 4.78 is 0. The average molecular weight is 218 g/mol. The minimum atomic E-state index is -0.202. The maximum absolute atomic E-state index is 11.1. The fourth-order valence-corrected chi connectivity index (χ4v) is 1.87. The molecule has 84 valence electrons. The van der Waals surface area contributed by atoms with E-state index in [0.29, 0.717) is 11.3 Å². The Morgan fingerprint density at radius 2 is 1.75 bits per heavy atom. The molecule has 4 nitrogen and oxygen atoms in total. The second-order valence-corrected chi connectivity index (χ2v) is 4.03. The summed E-state index contributed by atoms with van der Waals surface area (Å²) in [5.41, 5.74) is 3.91. The van der Waals surface area contributed by atoms with Crippen molar-refractivity contribution < 1.29 is 5.11 Å². The largest absolute Gasteiger partial charge is 0.507 e. The molecular formula is C12H14N2O2. The van der Waals surface area contributed by atoms with Crippen LogP contribution in [-0.2, 0) is 0 Å². The number of phenols is 1. The van der Waals surface area contributed by atoms with Crippen molar-refractivity contribution in [2.24, 2.45) is 0 Å². The predicted molar refractivity (Wildman–Crippen MR) is 62.7 cm³/mol. The van der Waals surface area contributed by atoms with Gasteiger partial charge in [0.15, 0.2) is 0 Å². The van der Waals surface area contributed by atoms with Crippen LogP contribution in [0.25, 0.3) is 11.3 Å². The molecule has 1 aromatic heterocycles. The van der Waals surface area contributed by atoms with Gasteiger partial charge in [0.1, 0.15) is 5.75 Å². The maximum Gasteiger partial charge on any atom is 0.264 e. The van der Waals surface area contributed by atoms with Gasteiger partial charge in [-0.25, -0.2) is 0 Å². The number of nitrogens with one attached hydrogen (secondary N) is 2. The first kappa shape index (κ1) is 10.5. The highest BCUT2D eigenvalue weighted by Gasteiger charge is 2.13. The Balaban J connectivity index is 2.75. The molecule has 16 heavy (non-hydrogen) atoms. The van der Waals surface area contributed by atoms with Crippen LogP contribution in [0.1, 0.15) is 16.7 Å². The highest BCUT2D eigenvalue weighted by Crippen LogP contribution is 2.35. The molecule has 3 N–H and O–H groups in total. The van der Waals surface area contributed by atoms with Crippen molar-refractivity contribution in [1.82, 2.24) is 10.2 Å². The van der Waals surface area contributed by atoms with Crippen LogP contribution in [0.3, 0.4) is 0 Å². The van der Waals surface area contributed by atoms with Crippen LogP contribution in [0.2, 0.25) is 0 Å². The van der Waals surface area contributed by atoms with Gasteiger partial charge in [-0.05, 0) is 37.5 Å². The van der Waals surface area contributed by atoms with Gasteiger partial charge in [-0.2, -0.15) is 0 Å². The monoisotopic (exact) mass is 218 g/mol. The number of rotatable bonds is 1. The van der Waals surface area contributed by atoms with E-state index >= 15 is 0 Å². The van der Waals surface area contributed by atoms with Crippen molar-refractivity contribution in [1.29, 1.82) is 0 Å². The number of phenolic OH excluding ortho intramolecular Hbond substituents is 1. The first-order valence-corrected chi connectivity index (χ1v) is 5.08. The Bertz CT molecular complexity index is 594. The zero-order chi connectivity index (χ0) is 11.9. The fourth-order valence-electron chi connectivity index (χ4n) is 1.87. The van der Waals surface area contributed by atoms with Crippen molar-refractivity contribution in [3.05, 3.63) is 39.2 Å². The Hall–Kier alpha value is -1.97. The molecule has 0 radical (unpaired) electrons. The van der Waals surface area contributed by atoms with Gasteiger partial charge in [-0.15, -0.1) is 0 Å². The highest BCUT2D eigenvalue weighted by atomic mass is 16.3. The first-order valence-electron chi connectivity index (χ1n) is 5.08. The lowest BCUT2D eigenvalue weighted by Gasteiger charge is -2.11. The van der Waals surface area contributed by atoms with Gasteiger partial charge in [0.05, 0.1) is 5.69 Å². The highest BCUT2D eigenvalue weighted by molar-refractivity contribution is 5.73. The molecule has 0 spiro atoms. The molecule has 0 aliphatic carbocycles. The van der Waals surface area contributed by atoms with Crippen molar-refractivity contribution >= 4 is 0 Å². The van der Waals surface area contributed by atoms with Crippen LogP contribution in [0.4, 0.5) is 0 Å². The summed E-state index contributed by atoms with van der Waals surface area (Å²) in [6.07, 6.45) is 0. The van der Waals surface area contributed by atoms with E-state index in [1.54, 1.807) is 0 Å². The summed E-state index contributed by atoms with van der Waals surface area (Å²) in [6.45, 7) is 5.72. The van der Waals surface area contributed by atoms with Crippen LogP contribution in [0.5, 0.6) is 5.75 Å². The van der Waals surface area contributed by atoms with Crippen LogP contribution in [0, 0.1) is 20.8 Å². The Morgan fingerprint density at radius 1 is 1.06 bits per heavy atom. The van der Waals surface area contributed by atoms with Crippen LogP contribution < -0.4 is 5.56 Å². The third-order valence-corrected chi connectivity index (χ3v) is 2.88. The number of benzene rings is 1. The van der Waals surface area contributed by atoms with E-state index in [0.717, 1.165) is 16.7 Å². The van der Waals surface area contributed by atoms with Gasteiger partial charge >= 0.3 is 0 Å². The number of aromatic hydroxyl groups is 1. The molecular weight excluding hydrogens is 204 g/mol. The second kappa shape index (κ2) is 3.56. The molecule has 0 amide bonds. The van der Waals surface area contributed by atoms with Crippen molar-refractivity contribution in [3.8, 4) is 17.0 Å². The van der Waals surface area contributed by atoms with Gasteiger partial charge in [-0.3, -0.25) is 15.0 Å². The molecule has 1 aromatic carbocycles. The molecule has 0 saturated heterocycles. The standard InChI is InChI=1S/C12H14N2O2/c1-6-4-7(2)11(12(16)8(6)3)9-5-10(15)14-13-9/h4-5,16H,1-3H3,(H2,13,14,15). The van der Waals surface area contributed by atoms with E-state index in [1.807, 2.05) is 26.8 Å². The molecule has 0 unspecified atom stereocenters. The molecule has 2 aromatic rings. The molecule has 2 rings (SSSR count). The van der Waals surface area contributed by atoms with E-state index in [1.165, 1.54) is 6.07 Å². The molecule has 0 fully saturated rings. The molecule has 0 aliphatic heterocycles. The summed E-state index contributed by atoms with van der Waals surface area (Å²) in [7, 11) is 0. The lowest BCUT2D eigenvalue weighted by Crippen LogP contribution is -1.93. The zero-order valence-corrected chi connectivity index (χ0v) is 9.51. The topological polar surface area (TPSA) is 68.9 Å². The Kier molecular flexibility index (Phi) is 2.34. The summed E-state index contributed by atoms with van der Waals surface area (Å²) in [5, 5.41) is 15.3. The van der Waals surface area contributed by atoms with Crippen LogP contribution in [0.15, 0.2) is 16.9 Å². The average Bonchev–Trinajstić information content (AvgIpc) is 2.61. The third-order valence-electron chi connectivity index (χ3n) is 2.88. The number of H-pyrrole nitrogens is 2.